The summed E-state index contributed by atoms with van der Waals surface area (Å²) in [6.45, 7) is 0.614. The van der Waals surface area contributed by atoms with Crippen LogP contribution in [0.3, 0.4) is 0 Å². The molecule has 1 aromatic carbocycles. The van der Waals surface area contributed by atoms with Gasteiger partial charge in [-0.2, -0.15) is 0 Å². The Morgan fingerprint density at radius 2 is 1.84 bits per heavy atom. The van der Waals surface area contributed by atoms with Gasteiger partial charge in [-0.25, -0.2) is 8.78 Å². The van der Waals surface area contributed by atoms with Gasteiger partial charge in [-0.05, 0) is 34.8 Å². The predicted octanol–water partition coefficient (Wildman–Crippen LogP) is 4.08. The Morgan fingerprint density at radius 1 is 1.16 bits per heavy atom. The summed E-state index contributed by atoms with van der Waals surface area (Å²) in [4.78, 5) is 0. The van der Waals surface area contributed by atoms with Crippen LogP contribution in [0.15, 0.2) is 16.6 Å². The molecular weight excluding hydrogens is 316 g/mol. The number of benzene rings is 1. The summed E-state index contributed by atoms with van der Waals surface area (Å²) in [7, 11) is 0. The van der Waals surface area contributed by atoms with E-state index < -0.39 is 11.6 Å². The van der Waals surface area contributed by atoms with E-state index in [9.17, 15) is 13.9 Å². The van der Waals surface area contributed by atoms with Gasteiger partial charge in [0.05, 0.1) is 16.8 Å². The van der Waals surface area contributed by atoms with Gasteiger partial charge in [0, 0.05) is 18.0 Å². The first-order valence-corrected chi connectivity index (χ1v) is 7.35. The van der Waals surface area contributed by atoms with Gasteiger partial charge in [-0.3, -0.25) is 0 Å². The number of aliphatic hydroxyl groups is 1. The molecule has 1 saturated carbocycles. The minimum atomic E-state index is -0.613. The number of halogens is 3. The van der Waals surface area contributed by atoms with Crippen molar-refractivity contribution in [3.05, 3.63) is 28.2 Å². The molecule has 2 rings (SSSR count). The van der Waals surface area contributed by atoms with Crippen LogP contribution >= 0.6 is 15.9 Å². The van der Waals surface area contributed by atoms with Crippen LogP contribution in [-0.4, -0.2) is 18.3 Å². The van der Waals surface area contributed by atoms with Crippen molar-refractivity contribution < 1.29 is 13.9 Å². The van der Waals surface area contributed by atoms with Gasteiger partial charge in [0.2, 0.25) is 0 Å². The molecule has 1 aromatic rings. The summed E-state index contributed by atoms with van der Waals surface area (Å²) in [5.74, 6) is -1.22. The third-order valence-corrected chi connectivity index (χ3v) is 4.52. The fourth-order valence-electron chi connectivity index (χ4n) is 2.63. The summed E-state index contributed by atoms with van der Waals surface area (Å²) >= 11 is 3.05. The number of hydrogen-bond acceptors (Lipinski definition) is 2. The molecule has 0 spiro atoms. The Kier molecular flexibility index (Phi) is 4.79. The molecule has 0 amide bonds. The maximum atomic E-state index is 13.6. The van der Waals surface area contributed by atoms with Crippen molar-refractivity contribution in [2.45, 2.75) is 32.1 Å². The fraction of sp³-hybridized carbons (Fsp3) is 0.571. The van der Waals surface area contributed by atoms with Crippen LogP contribution in [0.2, 0.25) is 0 Å². The van der Waals surface area contributed by atoms with Crippen molar-refractivity contribution in [3.8, 4) is 0 Å². The zero-order valence-electron chi connectivity index (χ0n) is 10.7. The van der Waals surface area contributed by atoms with E-state index in [1.807, 2.05) is 0 Å². The van der Waals surface area contributed by atoms with E-state index in [1.54, 1.807) is 0 Å². The fourth-order valence-corrected chi connectivity index (χ4v) is 2.98. The van der Waals surface area contributed by atoms with Crippen molar-refractivity contribution in [1.82, 2.24) is 0 Å². The summed E-state index contributed by atoms with van der Waals surface area (Å²) < 4.78 is 27.0. The Morgan fingerprint density at radius 3 is 2.47 bits per heavy atom. The van der Waals surface area contributed by atoms with E-state index in [2.05, 4.69) is 21.2 Å². The lowest BCUT2D eigenvalue weighted by Gasteiger charge is -2.36. The molecule has 0 bridgehead atoms. The van der Waals surface area contributed by atoms with Gasteiger partial charge in [0.15, 0.2) is 0 Å². The Labute approximate surface area is 120 Å². The molecule has 5 heteroatoms. The molecule has 2 N–H and O–H groups in total. The summed E-state index contributed by atoms with van der Waals surface area (Å²) in [5.41, 5.74) is 0.0950. The molecule has 2 nitrogen and oxygen atoms in total. The molecule has 0 saturated heterocycles. The van der Waals surface area contributed by atoms with Crippen LogP contribution in [0.5, 0.6) is 0 Å². The highest BCUT2D eigenvalue weighted by Gasteiger charge is 2.31. The molecule has 1 aliphatic carbocycles. The van der Waals surface area contributed by atoms with Crippen LogP contribution in [0.1, 0.15) is 32.1 Å². The minimum absolute atomic E-state index is 0.101. The molecule has 1 fully saturated rings. The maximum Gasteiger partial charge on any atom is 0.149 e. The van der Waals surface area contributed by atoms with E-state index in [1.165, 1.54) is 12.5 Å². The van der Waals surface area contributed by atoms with Gasteiger partial charge in [0.25, 0.3) is 0 Å². The lowest BCUT2D eigenvalue weighted by molar-refractivity contribution is 0.0943. The van der Waals surface area contributed by atoms with Crippen LogP contribution < -0.4 is 5.32 Å². The molecule has 0 atom stereocenters. The largest absolute Gasteiger partial charge is 0.396 e. The molecule has 19 heavy (non-hydrogen) atoms. The van der Waals surface area contributed by atoms with E-state index in [0.717, 1.165) is 31.7 Å². The summed E-state index contributed by atoms with van der Waals surface area (Å²) in [5, 5.41) is 12.6. The molecule has 0 unspecified atom stereocenters. The van der Waals surface area contributed by atoms with Gasteiger partial charge >= 0.3 is 0 Å². The number of rotatable bonds is 4. The van der Waals surface area contributed by atoms with E-state index in [0.29, 0.717) is 6.54 Å². The highest BCUT2D eigenvalue weighted by atomic mass is 79.9. The first kappa shape index (κ1) is 14.7. The number of nitrogens with one attached hydrogen (secondary N) is 1. The second kappa shape index (κ2) is 6.18. The lowest BCUT2D eigenvalue weighted by Crippen LogP contribution is -2.35. The molecule has 0 aromatic heterocycles. The summed E-state index contributed by atoms with van der Waals surface area (Å²) in [6, 6.07) is 2.26. The van der Waals surface area contributed by atoms with Crippen LogP contribution in [0.4, 0.5) is 14.5 Å². The highest BCUT2D eigenvalue weighted by Crippen LogP contribution is 2.36. The molecule has 1 aliphatic rings. The quantitative estimate of drug-likeness (QED) is 0.813. The standard InChI is InChI=1S/C14H18BrF2NO/c15-10-6-13(12(17)7-11(10)16)18-8-14(9-19)4-2-1-3-5-14/h6-7,18-19H,1-5,8-9H2. The van der Waals surface area contributed by atoms with E-state index in [-0.39, 0.29) is 22.2 Å². The Bertz CT molecular complexity index is 447. The molecule has 0 radical (unpaired) electrons. The number of anilines is 1. The van der Waals surface area contributed by atoms with Crippen LogP contribution in [-0.2, 0) is 0 Å². The average molecular weight is 334 g/mol. The van der Waals surface area contributed by atoms with E-state index >= 15 is 0 Å². The third kappa shape index (κ3) is 3.45. The minimum Gasteiger partial charge on any atom is -0.396 e. The number of aliphatic hydroxyl groups excluding tert-OH is 1. The first-order chi connectivity index (χ1) is 9.06. The predicted molar refractivity (Wildman–Crippen MR) is 75.2 cm³/mol. The zero-order chi connectivity index (χ0) is 13.9. The monoisotopic (exact) mass is 333 g/mol. The van der Waals surface area contributed by atoms with Gasteiger partial charge < -0.3 is 10.4 Å². The SMILES string of the molecule is OCC1(CNc2cc(Br)c(F)cc2F)CCCCC1. The molecule has 0 aliphatic heterocycles. The number of hydrogen-bond donors (Lipinski definition) is 2. The van der Waals surface area contributed by atoms with Crippen molar-refractivity contribution in [2.75, 3.05) is 18.5 Å². The second-order valence-electron chi connectivity index (χ2n) is 5.32. The van der Waals surface area contributed by atoms with Crippen molar-refractivity contribution in [3.63, 3.8) is 0 Å². The van der Waals surface area contributed by atoms with Gasteiger partial charge in [-0.15, -0.1) is 0 Å². The third-order valence-electron chi connectivity index (χ3n) is 3.91. The van der Waals surface area contributed by atoms with Gasteiger partial charge in [0.1, 0.15) is 11.6 Å². The maximum absolute atomic E-state index is 13.6. The smallest absolute Gasteiger partial charge is 0.149 e. The zero-order valence-corrected chi connectivity index (χ0v) is 12.3. The van der Waals surface area contributed by atoms with Crippen molar-refractivity contribution in [1.29, 1.82) is 0 Å². The van der Waals surface area contributed by atoms with Gasteiger partial charge in [-0.1, -0.05) is 19.3 Å². The van der Waals surface area contributed by atoms with Crippen molar-refractivity contribution in [2.24, 2.45) is 5.41 Å². The van der Waals surface area contributed by atoms with Crippen molar-refractivity contribution >= 4 is 21.6 Å². The normalized spacial score (nSPS) is 18.3. The first-order valence-electron chi connectivity index (χ1n) is 6.56. The molecular formula is C14H18BrF2NO. The molecule has 106 valence electrons. The highest BCUT2D eigenvalue weighted by molar-refractivity contribution is 9.10. The summed E-state index contributed by atoms with van der Waals surface area (Å²) in [6.07, 6.45) is 5.27. The van der Waals surface area contributed by atoms with Crippen LogP contribution in [0, 0.1) is 17.0 Å². The average Bonchev–Trinajstić information content (AvgIpc) is 2.42. The van der Waals surface area contributed by atoms with E-state index in [4.69, 9.17) is 0 Å². The Hall–Kier alpha value is -0.680. The second-order valence-corrected chi connectivity index (χ2v) is 6.17. The van der Waals surface area contributed by atoms with Crippen LogP contribution in [0.25, 0.3) is 0 Å². The molecule has 0 heterocycles. The Balaban J connectivity index is 2.07. The topological polar surface area (TPSA) is 32.3 Å². The lowest BCUT2D eigenvalue weighted by atomic mass is 9.74.